The lowest BCUT2D eigenvalue weighted by Crippen LogP contribution is -2.38. The van der Waals surface area contributed by atoms with E-state index in [1.165, 1.54) is 25.3 Å². The highest BCUT2D eigenvalue weighted by molar-refractivity contribution is 7.99. The fourth-order valence-corrected chi connectivity index (χ4v) is 4.27. The zero-order valence-electron chi connectivity index (χ0n) is 20.6. The normalized spacial score (nSPS) is 11.8. The maximum absolute atomic E-state index is 13.0. The van der Waals surface area contributed by atoms with Crippen molar-refractivity contribution in [1.82, 2.24) is 25.9 Å². The first-order valence-corrected chi connectivity index (χ1v) is 12.4. The minimum atomic E-state index is -4.82. The van der Waals surface area contributed by atoms with Gasteiger partial charge in [-0.15, -0.1) is 13.2 Å². The van der Waals surface area contributed by atoms with E-state index in [9.17, 15) is 27.6 Å². The summed E-state index contributed by atoms with van der Waals surface area (Å²) in [5.74, 6) is -1.46. The van der Waals surface area contributed by atoms with Gasteiger partial charge in [0.2, 0.25) is 11.8 Å². The number of anilines is 1. The molecule has 3 amide bonds. The summed E-state index contributed by atoms with van der Waals surface area (Å²) in [7, 11) is 0. The number of aromatic nitrogens is 2. The number of hydrogen-bond donors (Lipinski definition) is 4. The lowest BCUT2D eigenvalue weighted by Gasteiger charge is -2.20. The van der Waals surface area contributed by atoms with Crippen LogP contribution in [0.2, 0.25) is 0 Å². The van der Waals surface area contributed by atoms with Crippen molar-refractivity contribution in [2.45, 2.75) is 23.7 Å². The minimum Gasteiger partial charge on any atom is -0.406 e. The van der Waals surface area contributed by atoms with E-state index in [0.29, 0.717) is 23.7 Å². The molecule has 206 valence electrons. The number of halogens is 3. The Bertz CT molecular complexity index is 1260. The van der Waals surface area contributed by atoms with Crippen molar-refractivity contribution in [3.63, 3.8) is 0 Å². The van der Waals surface area contributed by atoms with Crippen LogP contribution in [0.3, 0.4) is 0 Å². The molecule has 0 radical (unpaired) electrons. The number of nitrogens with one attached hydrogen (secondary N) is 4. The molecule has 3 aromatic rings. The van der Waals surface area contributed by atoms with Crippen LogP contribution < -0.4 is 26.0 Å². The molecule has 0 spiro atoms. The molecule has 39 heavy (non-hydrogen) atoms. The van der Waals surface area contributed by atoms with Crippen LogP contribution in [-0.4, -0.2) is 53.7 Å². The summed E-state index contributed by atoms with van der Waals surface area (Å²) in [4.78, 5) is 44.9. The third kappa shape index (κ3) is 10.2. The van der Waals surface area contributed by atoms with Crippen molar-refractivity contribution in [2.24, 2.45) is 0 Å². The lowest BCUT2D eigenvalue weighted by atomic mass is 10.2. The molecule has 0 aliphatic carbocycles. The first kappa shape index (κ1) is 29.4. The number of rotatable bonds is 12. The minimum absolute atomic E-state index is 0.00859. The number of carbonyl (C=O) groups excluding carboxylic acids is 3. The number of thioether (sulfide) groups is 1. The molecule has 0 saturated heterocycles. The van der Waals surface area contributed by atoms with Crippen LogP contribution >= 0.6 is 11.8 Å². The molecule has 2 heterocycles. The van der Waals surface area contributed by atoms with E-state index in [4.69, 9.17) is 0 Å². The van der Waals surface area contributed by atoms with Gasteiger partial charge in [0.05, 0.1) is 12.1 Å². The third-order valence-electron chi connectivity index (χ3n) is 4.85. The van der Waals surface area contributed by atoms with Gasteiger partial charge in [0.25, 0.3) is 5.91 Å². The van der Waals surface area contributed by atoms with Gasteiger partial charge < -0.3 is 26.0 Å². The number of amides is 3. The van der Waals surface area contributed by atoms with E-state index in [1.54, 1.807) is 36.7 Å². The van der Waals surface area contributed by atoms with E-state index >= 15 is 0 Å². The highest BCUT2D eigenvalue weighted by Gasteiger charge is 2.31. The van der Waals surface area contributed by atoms with Gasteiger partial charge in [-0.05, 0) is 54.1 Å². The molecule has 3 rings (SSSR count). The predicted molar refractivity (Wildman–Crippen MR) is 138 cm³/mol. The molecule has 0 fully saturated rings. The quantitative estimate of drug-likeness (QED) is 0.150. The molecule has 1 atom stereocenters. The number of pyridine rings is 2. The van der Waals surface area contributed by atoms with Gasteiger partial charge in [0, 0.05) is 44.3 Å². The van der Waals surface area contributed by atoms with Crippen molar-refractivity contribution in [3.8, 4) is 5.75 Å². The first-order valence-electron chi connectivity index (χ1n) is 11.5. The number of ether oxygens (including phenoxy) is 1. The highest BCUT2D eigenvalue weighted by Crippen LogP contribution is 2.34. The largest absolute Gasteiger partial charge is 0.573 e. The van der Waals surface area contributed by atoms with E-state index < -0.39 is 23.4 Å². The predicted octanol–water partition coefficient (Wildman–Crippen LogP) is 3.26. The molecular weight excluding hydrogens is 537 g/mol. The molecule has 1 unspecified atom stereocenters. The third-order valence-corrected chi connectivity index (χ3v) is 6.03. The highest BCUT2D eigenvalue weighted by atomic mass is 32.2. The number of hydrogen-bond acceptors (Lipinski definition) is 8. The fourth-order valence-electron chi connectivity index (χ4n) is 3.15. The molecule has 0 saturated carbocycles. The van der Waals surface area contributed by atoms with Gasteiger partial charge >= 0.3 is 6.36 Å². The number of nitrogens with zero attached hydrogens (tertiary/aromatic N) is 2. The van der Waals surface area contributed by atoms with Gasteiger partial charge in [0.15, 0.2) is 0 Å². The fraction of sp³-hybridized carbons (Fsp3) is 0.240. The molecule has 0 aliphatic heterocycles. The Hall–Kier alpha value is -4.17. The van der Waals surface area contributed by atoms with Crippen molar-refractivity contribution < 1.29 is 32.3 Å². The van der Waals surface area contributed by atoms with Crippen LogP contribution in [0.1, 0.15) is 28.2 Å². The summed E-state index contributed by atoms with van der Waals surface area (Å²) in [5, 5.41) is 10.8. The number of alkyl halides is 3. The van der Waals surface area contributed by atoms with E-state index in [-0.39, 0.29) is 29.6 Å². The zero-order valence-corrected chi connectivity index (χ0v) is 21.4. The molecule has 4 N–H and O–H groups in total. The van der Waals surface area contributed by atoms with Crippen LogP contribution in [0.4, 0.5) is 18.9 Å². The Morgan fingerprint density at radius 1 is 1.00 bits per heavy atom. The van der Waals surface area contributed by atoms with Crippen LogP contribution in [0, 0.1) is 0 Å². The van der Waals surface area contributed by atoms with Crippen molar-refractivity contribution >= 4 is 35.2 Å². The zero-order chi connectivity index (χ0) is 28.3. The smallest absolute Gasteiger partial charge is 0.406 e. The van der Waals surface area contributed by atoms with Gasteiger partial charge in [0.1, 0.15) is 16.1 Å². The van der Waals surface area contributed by atoms with E-state index in [1.807, 2.05) is 0 Å². The summed E-state index contributed by atoms with van der Waals surface area (Å²) in [5.41, 5.74) is 1.15. The standard InChI is InChI=1S/C25H25F3N6O4S/c1-16(35)31-14-13-30-15-21(36)34-23(17-8-11-29-12-9-17)39-24-20(3-2-10-32-24)22(37)33-18-4-6-19(7-5-18)38-25(26,27)28/h2-12,23,30H,13-15H2,1H3,(H,31,35)(H,33,37)(H,34,36). The van der Waals surface area contributed by atoms with E-state index in [2.05, 4.69) is 36.0 Å². The molecule has 2 aromatic heterocycles. The average Bonchev–Trinajstić information content (AvgIpc) is 2.89. The molecule has 0 bridgehead atoms. The average molecular weight is 563 g/mol. The van der Waals surface area contributed by atoms with Crippen LogP contribution in [0.5, 0.6) is 5.75 Å². The molecule has 14 heteroatoms. The van der Waals surface area contributed by atoms with Crippen molar-refractivity contribution in [1.29, 1.82) is 0 Å². The molecule has 1 aromatic carbocycles. The lowest BCUT2D eigenvalue weighted by molar-refractivity contribution is -0.274. The van der Waals surface area contributed by atoms with Crippen LogP contribution in [0.25, 0.3) is 0 Å². The SMILES string of the molecule is CC(=O)NCCNCC(=O)NC(Sc1ncccc1C(=O)Nc1ccc(OC(F)(F)F)cc1)c1ccncc1. The Kier molecular flexibility index (Phi) is 10.6. The molecule has 10 nitrogen and oxygen atoms in total. The monoisotopic (exact) mass is 562 g/mol. The maximum Gasteiger partial charge on any atom is 0.573 e. The number of benzene rings is 1. The second kappa shape index (κ2) is 14.1. The first-order chi connectivity index (χ1) is 18.6. The van der Waals surface area contributed by atoms with Gasteiger partial charge in [-0.25, -0.2) is 4.98 Å². The Morgan fingerprint density at radius 2 is 1.72 bits per heavy atom. The van der Waals surface area contributed by atoms with Crippen molar-refractivity contribution in [3.05, 3.63) is 78.2 Å². The summed E-state index contributed by atoms with van der Waals surface area (Å²) in [6.45, 7) is 2.16. The van der Waals surface area contributed by atoms with Gasteiger partial charge in [-0.1, -0.05) is 11.8 Å². The van der Waals surface area contributed by atoms with Crippen molar-refractivity contribution in [2.75, 3.05) is 25.0 Å². The summed E-state index contributed by atoms with van der Waals surface area (Å²) in [6, 6.07) is 11.3. The Balaban J connectivity index is 1.70. The summed E-state index contributed by atoms with van der Waals surface area (Å²) in [6.07, 6.45) is -0.189. The van der Waals surface area contributed by atoms with Crippen LogP contribution in [0.15, 0.2) is 72.1 Å². The Morgan fingerprint density at radius 3 is 2.38 bits per heavy atom. The second-order valence-electron chi connectivity index (χ2n) is 7.89. The topological polar surface area (TPSA) is 134 Å². The van der Waals surface area contributed by atoms with Gasteiger partial charge in [-0.2, -0.15) is 0 Å². The molecule has 0 aliphatic rings. The summed E-state index contributed by atoms with van der Waals surface area (Å²) < 4.78 is 41.0. The van der Waals surface area contributed by atoms with Gasteiger partial charge in [-0.3, -0.25) is 19.4 Å². The summed E-state index contributed by atoms with van der Waals surface area (Å²) >= 11 is 1.13. The number of carbonyl (C=O) groups is 3. The molecular formula is C25H25F3N6O4S. The second-order valence-corrected chi connectivity index (χ2v) is 8.98. The van der Waals surface area contributed by atoms with Crippen LogP contribution in [-0.2, 0) is 9.59 Å². The Labute approximate surface area is 226 Å². The van der Waals surface area contributed by atoms with E-state index in [0.717, 1.165) is 23.9 Å². The maximum atomic E-state index is 13.0.